The van der Waals surface area contributed by atoms with Crippen LogP contribution in [0, 0.1) is 12.7 Å². The number of hydrogen-bond acceptors (Lipinski definition) is 5. The van der Waals surface area contributed by atoms with Crippen molar-refractivity contribution in [3.05, 3.63) is 71.2 Å². The zero-order valence-corrected chi connectivity index (χ0v) is 14.9. The van der Waals surface area contributed by atoms with E-state index in [9.17, 15) is 9.18 Å². The summed E-state index contributed by atoms with van der Waals surface area (Å²) >= 11 is 0. The molecule has 1 amide bonds. The van der Waals surface area contributed by atoms with Crippen molar-refractivity contribution in [2.75, 3.05) is 11.9 Å². The van der Waals surface area contributed by atoms with E-state index in [0.29, 0.717) is 37.6 Å². The minimum Gasteiger partial charge on any atom is -0.363 e. The van der Waals surface area contributed by atoms with Crippen molar-refractivity contribution in [3.63, 3.8) is 0 Å². The number of amides is 1. The van der Waals surface area contributed by atoms with Crippen LogP contribution in [0.2, 0.25) is 0 Å². The number of aromatic nitrogens is 4. The zero-order valence-electron chi connectivity index (χ0n) is 14.9. The molecule has 0 unspecified atom stereocenters. The van der Waals surface area contributed by atoms with Gasteiger partial charge in [-0.2, -0.15) is 5.10 Å². The van der Waals surface area contributed by atoms with E-state index >= 15 is 0 Å². The minimum absolute atomic E-state index is 0.154. The summed E-state index contributed by atoms with van der Waals surface area (Å²) in [5, 5.41) is 7.74. The highest BCUT2D eigenvalue weighted by molar-refractivity contribution is 5.95. The molecule has 4 rings (SSSR count). The number of benzene rings is 1. The van der Waals surface area contributed by atoms with Gasteiger partial charge >= 0.3 is 0 Å². The summed E-state index contributed by atoms with van der Waals surface area (Å²) in [7, 11) is 0. The number of halogens is 1. The summed E-state index contributed by atoms with van der Waals surface area (Å²) < 4.78 is 15.5. The molecular formula is C19H19FN6O. The lowest BCUT2D eigenvalue weighted by atomic mass is 10.1. The van der Waals surface area contributed by atoms with E-state index in [4.69, 9.17) is 0 Å². The molecule has 2 aromatic heterocycles. The monoisotopic (exact) mass is 366 g/mol. The maximum atomic E-state index is 13.5. The van der Waals surface area contributed by atoms with E-state index in [1.54, 1.807) is 29.6 Å². The summed E-state index contributed by atoms with van der Waals surface area (Å²) in [6, 6.07) is 6.28. The third kappa shape index (κ3) is 3.64. The number of anilines is 1. The van der Waals surface area contributed by atoms with Gasteiger partial charge < -0.3 is 10.2 Å². The quantitative estimate of drug-likeness (QED) is 0.767. The Morgan fingerprint density at radius 2 is 2.15 bits per heavy atom. The van der Waals surface area contributed by atoms with Crippen molar-refractivity contribution >= 4 is 11.7 Å². The van der Waals surface area contributed by atoms with Crippen LogP contribution in [0.4, 0.5) is 10.2 Å². The predicted molar refractivity (Wildman–Crippen MR) is 97.5 cm³/mol. The van der Waals surface area contributed by atoms with E-state index in [1.807, 2.05) is 17.7 Å². The molecule has 0 saturated heterocycles. The summed E-state index contributed by atoms with van der Waals surface area (Å²) in [5.41, 5.74) is 3.01. The maximum absolute atomic E-state index is 13.5. The number of carbonyl (C=O) groups excluding carboxylic acids is 1. The second-order valence-corrected chi connectivity index (χ2v) is 6.48. The number of fused-ring (bicyclic) bond motifs is 1. The number of nitrogens with zero attached hydrogens (tertiary/aromatic N) is 5. The number of carbonyl (C=O) groups is 1. The van der Waals surface area contributed by atoms with Gasteiger partial charge in [0.2, 0.25) is 0 Å². The molecule has 3 heterocycles. The number of hydrogen-bond donors (Lipinski definition) is 1. The van der Waals surface area contributed by atoms with Crippen LogP contribution in [0.3, 0.4) is 0 Å². The van der Waals surface area contributed by atoms with Crippen LogP contribution in [-0.4, -0.2) is 37.1 Å². The van der Waals surface area contributed by atoms with Gasteiger partial charge in [-0.05, 0) is 30.7 Å². The van der Waals surface area contributed by atoms with E-state index in [1.165, 1.54) is 12.1 Å². The van der Waals surface area contributed by atoms with Crippen LogP contribution in [0.25, 0.3) is 0 Å². The van der Waals surface area contributed by atoms with Crippen molar-refractivity contribution in [2.45, 2.75) is 26.6 Å². The lowest BCUT2D eigenvalue weighted by Crippen LogP contribution is -2.38. The molecule has 0 aliphatic carbocycles. The largest absolute Gasteiger partial charge is 0.363 e. The Labute approximate surface area is 155 Å². The Bertz CT molecular complexity index is 972. The van der Waals surface area contributed by atoms with Crippen molar-refractivity contribution < 1.29 is 9.18 Å². The summed E-state index contributed by atoms with van der Waals surface area (Å²) in [6.45, 7) is 3.95. The Morgan fingerprint density at radius 1 is 1.26 bits per heavy atom. The molecule has 1 aromatic carbocycles. The Kier molecular flexibility index (Phi) is 4.53. The van der Waals surface area contributed by atoms with Crippen molar-refractivity contribution in [3.8, 4) is 0 Å². The second kappa shape index (κ2) is 7.14. The van der Waals surface area contributed by atoms with E-state index in [0.717, 1.165) is 17.0 Å². The molecule has 0 atom stereocenters. The molecule has 0 bridgehead atoms. The third-order valence-electron chi connectivity index (χ3n) is 4.58. The number of aryl methyl sites for hydroxylation is 1. The number of rotatable bonds is 4. The average molecular weight is 366 g/mol. The van der Waals surface area contributed by atoms with Gasteiger partial charge in [-0.3, -0.25) is 14.5 Å². The SMILES string of the molecule is Cc1ccc(F)cc1C(=O)N1CCn2nc(CNc3cnccn3)cc2C1. The smallest absolute Gasteiger partial charge is 0.254 e. The molecule has 0 saturated carbocycles. The first-order chi connectivity index (χ1) is 13.1. The van der Waals surface area contributed by atoms with Gasteiger partial charge in [-0.15, -0.1) is 0 Å². The molecule has 1 N–H and O–H groups in total. The molecule has 7 nitrogen and oxygen atoms in total. The van der Waals surface area contributed by atoms with Crippen molar-refractivity contribution in [2.24, 2.45) is 0 Å². The summed E-state index contributed by atoms with van der Waals surface area (Å²) in [6.07, 6.45) is 4.89. The van der Waals surface area contributed by atoms with Gasteiger partial charge in [0.15, 0.2) is 0 Å². The standard InChI is InChI=1S/C19H19FN6O/c1-13-2-3-14(20)8-17(13)19(27)25-6-7-26-16(12-25)9-15(24-26)10-23-18-11-21-4-5-22-18/h2-5,8-9,11H,6-7,10,12H2,1H3,(H,22,23). The topological polar surface area (TPSA) is 75.9 Å². The van der Waals surface area contributed by atoms with Gasteiger partial charge in [0.05, 0.1) is 37.2 Å². The second-order valence-electron chi connectivity index (χ2n) is 6.48. The van der Waals surface area contributed by atoms with Gasteiger partial charge in [0.25, 0.3) is 5.91 Å². The molecule has 8 heteroatoms. The van der Waals surface area contributed by atoms with Crippen LogP contribution in [0.5, 0.6) is 0 Å². The van der Waals surface area contributed by atoms with Gasteiger partial charge in [-0.1, -0.05) is 6.07 Å². The fraction of sp³-hybridized carbons (Fsp3) is 0.263. The lowest BCUT2D eigenvalue weighted by molar-refractivity contribution is 0.0705. The Hall–Kier alpha value is -3.29. The first-order valence-electron chi connectivity index (χ1n) is 8.71. The highest BCUT2D eigenvalue weighted by Crippen LogP contribution is 2.19. The van der Waals surface area contributed by atoms with E-state index in [2.05, 4.69) is 20.4 Å². The summed E-state index contributed by atoms with van der Waals surface area (Å²) in [4.78, 5) is 22.7. The highest BCUT2D eigenvalue weighted by atomic mass is 19.1. The molecule has 0 spiro atoms. The predicted octanol–water partition coefficient (Wildman–Crippen LogP) is 2.39. The molecular weight excluding hydrogens is 347 g/mol. The van der Waals surface area contributed by atoms with Crippen LogP contribution >= 0.6 is 0 Å². The van der Waals surface area contributed by atoms with Crippen molar-refractivity contribution in [1.29, 1.82) is 0 Å². The molecule has 1 aliphatic heterocycles. The molecule has 138 valence electrons. The lowest BCUT2D eigenvalue weighted by Gasteiger charge is -2.28. The summed E-state index contributed by atoms with van der Waals surface area (Å²) in [5.74, 6) is 0.129. The molecule has 0 radical (unpaired) electrons. The minimum atomic E-state index is -0.400. The van der Waals surface area contributed by atoms with Crippen LogP contribution in [0.15, 0.2) is 42.9 Å². The van der Waals surface area contributed by atoms with Gasteiger partial charge in [0, 0.05) is 24.5 Å². The zero-order chi connectivity index (χ0) is 18.8. The van der Waals surface area contributed by atoms with Gasteiger partial charge in [0.1, 0.15) is 11.6 Å². The molecule has 0 fully saturated rings. The van der Waals surface area contributed by atoms with Crippen LogP contribution < -0.4 is 5.32 Å². The fourth-order valence-electron chi connectivity index (χ4n) is 3.15. The third-order valence-corrected chi connectivity index (χ3v) is 4.58. The van der Waals surface area contributed by atoms with E-state index in [-0.39, 0.29) is 5.91 Å². The average Bonchev–Trinajstić information content (AvgIpc) is 3.10. The van der Waals surface area contributed by atoms with Crippen molar-refractivity contribution in [1.82, 2.24) is 24.6 Å². The first kappa shape index (κ1) is 17.1. The van der Waals surface area contributed by atoms with Gasteiger partial charge in [-0.25, -0.2) is 9.37 Å². The molecule has 3 aromatic rings. The Morgan fingerprint density at radius 3 is 2.96 bits per heavy atom. The fourth-order valence-corrected chi connectivity index (χ4v) is 3.15. The number of nitrogens with one attached hydrogen (secondary N) is 1. The normalized spacial score (nSPS) is 13.3. The maximum Gasteiger partial charge on any atom is 0.254 e. The Balaban J connectivity index is 1.46. The molecule has 1 aliphatic rings. The highest BCUT2D eigenvalue weighted by Gasteiger charge is 2.24. The molecule has 27 heavy (non-hydrogen) atoms. The van der Waals surface area contributed by atoms with Crippen LogP contribution in [-0.2, 0) is 19.6 Å². The van der Waals surface area contributed by atoms with E-state index < -0.39 is 5.82 Å². The van der Waals surface area contributed by atoms with Crippen LogP contribution in [0.1, 0.15) is 27.3 Å². The first-order valence-corrected chi connectivity index (χ1v) is 8.71.